The van der Waals surface area contributed by atoms with E-state index in [0.717, 1.165) is 31.0 Å². The van der Waals surface area contributed by atoms with Crippen LogP contribution in [0.5, 0.6) is 5.75 Å². The quantitative estimate of drug-likeness (QED) is 0.643. The predicted molar refractivity (Wildman–Crippen MR) is 75.8 cm³/mol. The molecule has 1 aromatic rings. The third-order valence-electron chi connectivity index (χ3n) is 3.50. The number of hydrogen-bond donors (Lipinski definition) is 1. The van der Waals surface area contributed by atoms with Crippen LogP contribution in [0.1, 0.15) is 26.7 Å². The highest BCUT2D eigenvalue weighted by molar-refractivity contribution is 5.43. The molecular formula is C15H24N2O. The van der Waals surface area contributed by atoms with Crippen LogP contribution >= 0.6 is 0 Å². The Labute approximate surface area is 110 Å². The maximum Gasteiger partial charge on any atom is 0.121 e. The summed E-state index contributed by atoms with van der Waals surface area (Å²) in [6, 6.07) is 7.63. The number of benzene rings is 1. The van der Waals surface area contributed by atoms with E-state index in [9.17, 15) is 0 Å². The Kier molecular flexibility index (Phi) is 4.12. The summed E-state index contributed by atoms with van der Waals surface area (Å²) >= 11 is 0. The van der Waals surface area contributed by atoms with Crippen molar-refractivity contribution in [2.24, 2.45) is 5.41 Å². The molecule has 1 aliphatic rings. The van der Waals surface area contributed by atoms with Gasteiger partial charge in [0, 0.05) is 24.8 Å². The third-order valence-corrected chi connectivity index (χ3v) is 3.50. The van der Waals surface area contributed by atoms with E-state index in [4.69, 9.17) is 10.5 Å². The molecule has 2 rings (SSSR count). The van der Waals surface area contributed by atoms with Crippen LogP contribution in [0.4, 0.5) is 5.69 Å². The molecule has 1 heterocycles. The van der Waals surface area contributed by atoms with Crippen molar-refractivity contribution in [3.8, 4) is 5.75 Å². The van der Waals surface area contributed by atoms with Crippen molar-refractivity contribution in [2.75, 3.05) is 32.0 Å². The Morgan fingerprint density at radius 1 is 1.39 bits per heavy atom. The molecule has 0 atom stereocenters. The first-order valence-electron chi connectivity index (χ1n) is 6.76. The Balaban J connectivity index is 1.65. The van der Waals surface area contributed by atoms with E-state index in [1.54, 1.807) is 0 Å². The first kappa shape index (κ1) is 13.2. The molecule has 100 valence electrons. The zero-order valence-corrected chi connectivity index (χ0v) is 11.5. The van der Waals surface area contributed by atoms with Gasteiger partial charge in [0.05, 0.1) is 6.61 Å². The average molecular weight is 248 g/mol. The number of hydrogen-bond acceptors (Lipinski definition) is 3. The molecule has 3 nitrogen and oxygen atoms in total. The van der Waals surface area contributed by atoms with Crippen molar-refractivity contribution in [1.82, 2.24) is 4.90 Å². The van der Waals surface area contributed by atoms with Crippen LogP contribution in [0.2, 0.25) is 0 Å². The minimum Gasteiger partial charge on any atom is -0.493 e. The van der Waals surface area contributed by atoms with E-state index in [0.29, 0.717) is 5.41 Å². The summed E-state index contributed by atoms with van der Waals surface area (Å²) in [5, 5.41) is 0. The lowest BCUT2D eigenvalue weighted by Gasteiger charge is -2.19. The van der Waals surface area contributed by atoms with Gasteiger partial charge >= 0.3 is 0 Å². The normalized spacial score (nSPS) is 19.0. The summed E-state index contributed by atoms with van der Waals surface area (Å²) in [5.41, 5.74) is 6.96. The number of rotatable bonds is 5. The molecule has 0 spiro atoms. The minimum atomic E-state index is 0.495. The molecule has 1 aromatic carbocycles. The third kappa shape index (κ3) is 3.91. The summed E-state index contributed by atoms with van der Waals surface area (Å²) in [4.78, 5) is 2.53. The summed E-state index contributed by atoms with van der Waals surface area (Å²) in [6.45, 7) is 9.02. The van der Waals surface area contributed by atoms with Crippen LogP contribution in [0.3, 0.4) is 0 Å². The topological polar surface area (TPSA) is 38.5 Å². The van der Waals surface area contributed by atoms with Gasteiger partial charge in [-0.1, -0.05) is 19.9 Å². The Bertz CT molecular complexity index is 390. The van der Waals surface area contributed by atoms with Crippen molar-refractivity contribution in [3.05, 3.63) is 24.3 Å². The molecule has 0 bridgehead atoms. The smallest absolute Gasteiger partial charge is 0.121 e. The Hall–Kier alpha value is -1.22. The van der Waals surface area contributed by atoms with E-state index in [1.165, 1.54) is 19.5 Å². The zero-order chi connectivity index (χ0) is 13.0. The second kappa shape index (κ2) is 5.61. The maximum atomic E-state index is 5.70. The lowest BCUT2D eigenvalue weighted by molar-refractivity contribution is 0.247. The van der Waals surface area contributed by atoms with Crippen LogP contribution in [-0.4, -0.2) is 31.1 Å². The molecular weight excluding hydrogens is 224 g/mol. The van der Waals surface area contributed by atoms with Crippen molar-refractivity contribution in [1.29, 1.82) is 0 Å². The standard InChI is InChI=1S/C15H24N2O/c1-15(2)7-9-17(12-15)8-4-10-18-14-6-3-5-13(16)11-14/h3,5-6,11H,4,7-10,12,16H2,1-2H3. The first-order chi connectivity index (χ1) is 8.55. The lowest BCUT2D eigenvalue weighted by Crippen LogP contribution is -2.25. The molecule has 0 unspecified atom stereocenters. The minimum absolute atomic E-state index is 0.495. The molecule has 1 saturated heterocycles. The molecule has 3 heteroatoms. The van der Waals surface area contributed by atoms with Gasteiger partial charge in [-0.05, 0) is 36.9 Å². The lowest BCUT2D eigenvalue weighted by atomic mass is 9.93. The first-order valence-corrected chi connectivity index (χ1v) is 6.76. The number of nitrogen functional groups attached to an aromatic ring is 1. The zero-order valence-electron chi connectivity index (χ0n) is 11.5. The number of nitrogens with two attached hydrogens (primary N) is 1. The Morgan fingerprint density at radius 2 is 2.22 bits per heavy atom. The van der Waals surface area contributed by atoms with Crippen molar-refractivity contribution < 1.29 is 4.74 Å². The highest BCUT2D eigenvalue weighted by atomic mass is 16.5. The highest BCUT2D eigenvalue weighted by Gasteiger charge is 2.28. The van der Waals surface area contributed by atoms with Crippen molar-refractivity contribution in [3.63, 3.8) is 0 Å². The van der Waals surface area contributed by atoms with Crippen LogP contribution < -0.4 is 10.5 Å². The monoisotopic (exact) mass is 248 g/mol. The molecule has 0 radical (unpaired) electrons. The highest BCUT2D eigenvalue weighted by Crippen LogP contribution is 2.28. The number of anilines is 1. The van der Waals surface area contributed by atoms with Gasteiger partial charge in [-0.3, -0.25) is 0 Å². The fourth-order valence-electron chi connectivity index (χ4n) is 2.50. The van der Waals surface area contributed by atoms with Gasteiger partial charge in [-0.25, -0.2) is 0 Å². The van der Waals surface area contributed by atoms with Gasteiger partial charge in [-0.2, -0.15) is 0 Å². The van der Waals surface area contributed by atoms with Gasteiger partial charge in [0.15, 0.2) is 0 Å². The van der Waals surface area contributed by atoms with Crippen LogP contribution in [0.25, 0.3) is 0 Å². The SMILES string of the molecule is CC1(C)CCN(CCCOc2cccc(N)c2)C1. The summed E-state index contributed by atoms with van der Waals surface area (Å²) in [5.74, 6) is 0.872. The van der Waals surface area contributed by atoms with Crippen LogP contribution in [0.15, 0.2) is 24.3 Å². The number of likely N-dealkylation sites (tertiary alicyclic amines) is 1. The van der Waals surface area contributed by atoms with E-state index in [1.807, 2.05) is 24.3 Å². The molecule has 1 aliphatic heterocycles. The van der Waals surface area contributed by atoms with Gasteiger partial charge in [-0.15, -0.1) is 0 Å². The Morgan fingerprint density at radius 3 is 2.89 bits per heavy atom. The fraction of sp³-hybridized carbons (Fsp3) is 0.600. The fourth-order valence-corrected chi connectivity index (χ4v) is 2.50. The van der Waals surface area contributed by atoms with Crippen LogP contribution in [-0.2, 0) is 0 Å². The van der Waals surface area contributed by atoms with Gasteiger partial charge in [0.1, 0.15) is 5.75 Å². The summed E-state index contributed by atoms with van der Waals surface area (Å²) in [6.07, 6.45) is 2.38. The molecule has 0 amide bonds. The largest absolute Gasteiger partial charge is 0.493 e. The van der Waals surface area contributed by atoms with E-state index < -0.39 is 0 Å². The van der Waals surface area contributed by atoms with Crippen molar-refractivity contribution >= 4 is 5.69 Å². The molecule has 18 heavy (non-hydrogen) atoms. The van der Waals surface area contributed by atoms with Gasteiger partial charge in [0.2, 0.25) is 0 Å². The number of ether oxygens (including phenoxy) is 1. The van der Waals surface area contributed by atoms with E-state index >= 15 is 0 Å². The van der Waals surface area contributed by atoms with Crippen LogP contribution in [0, 0.1) is 5.41 Å². The maximum absolute atomic E-state index is 5.70. The molecule has 0 aliphatic carbocycles. The molecule has 0 saturated carbocycles. The van der Waals surface area contributed by atoms with Crippen molar-refractivity contribution in [2.45, 2.75) is 26.7 Å². The van der Waals surface area contributed by atoms with E-state index in [2.05, 4.69) is 18.7 Å². The second-order valence-electron chi connectivity index (χ2n) is 5.96. The predicted octanol–water partition coefficient (Wildman–Crippen LogP) is 2.77. The average Bonchev–Trinajstić information content (AvgIpc) is 2.65. The second-order valence-corrected chi connectivity index (χ2v) is 5.96. The summed E-state index contributed by atoms with van der Waals surface area (Å²) < 4.78 is 5.69. The van der Waals surface area contributed by atoms with Gasteiger partial charge < -0.3 is 15.4 Å². The molecule has 1 fully saturated rings. The molecule has 2 N–H and O–H groups in total. The molecule has 0 aromatic heterocycles. The number of nitrogens with zero attached hydrogens (tertiary/aromatic N) is 1. The van der Waals surface area contributed by atoms with E-state index in [-0.39, 0.29) is 0 Å². The summed E-state index contributed by atoms with van der Waals surface area (Å²) in [7, 11) is 0. The van der Waals surface area contributed by atoms with Gasteiger partial charge in [0.25, 0.3) is 0 Å².